The molecule has 1 N–H and O–H groups in total. The molecule has 180 valence electrons. The van der Waals surface area contributed by atoms with Crippen molar-refractivity contribution in [3.8, 4) is 33.9 Å². The zero-order valence-electron chi connectivity index (χ0n) is 19.8. The Kier molecular flexibility index (Phi) is 5.54. The van der Waals surface area contributed by atoms with Crippen LogP contribution in [0.3, 0.4) is 0 Å². The molecule has 3 heterocycles. The highest BCUT2D eigenvalue weighted by molar-refractivity contribution is 6.30. The van der Waals surface area contributed by atoms with Crippen molar-refractivity contribution in [2.45, 2.75) is 6.92 Å². The lowest BCUT2D eigenvalue weighted by atomic mass is 10.0. The van der Waals surface area contributed by atoms with Crippen molar-refractivity contribution in [2.24, 2.45) is 0 Å². The molecule has 0 saturated heterocycles. The summed E-state index contributed by atoms with van der Waals surface area (Å²) < 4.78 is 4.35. The summed E-state index contributed by atoms with van der Waals surface area (Å²) in [5.41, 5.74) is 5.16. The van der Waals surface area contributed by atoms with Crippen LogP contribution in [0.25, 0.3) is 44.9 Å². The van der Waals surface area contributed by atoms with E-state index in [9.17, 15) is 10.0 Å². The van der Waals surface area contributed by atoms with Gasteiger partial charge in [-0.2, -0.15) is 5.10 Å². The van der Waals surface area contributed by atoms with Crippen LogP contribution in [0.15, 0.2) is 108 Å². The molecular weight excluding hydrogens is 486 g/mol. The van der Waals surface area contributed by atoms with Gasteiger partial charge in [0.1, 0.15) is 11.2 Å². The summed E-state index contributed by atoms with van der Waals surface area (Å²) in [6, 6.07) is 28.3. The molecule has 8 heteroatoms. The number of rotatable bonds is 4. The van der Waals surface area contributed by atoms with Crippen LogP contribution < -0.4 is 10.3 Å². The van der Waals surface area contributed by atoms with Crippen LogP contribution in [-0.2, 0) is 0 Å². The standard InChI is InChI=1S/C29H21ClN5O2/c1-19-17-22(15-16-33(19)37)20-7-9-21(10-8-20)27-32-28-26(18-31-35(28)25-5-3-2-4-6-25)29(36)34(27)24-13-11-23(30)12-14-24/h2-18,37H,1H3/q+1. The molecule has 0 saturated carbocycles. The average molecular weight is 507 g/mol. The van der Waals surface area contributed by atoms with Gasteiger partial charge in [-0.3, -0.25) is 14.6 Å². The quantitative estimate of drug-likeness (QED) is 0.257. The van der Waals surface area contributed by atoms with Crippen molar-refractivity contribution >= 4 is 22.6 Å². The lowest BCUT2D eigenvalue weighted by molar-refractivity contribution is -0.908. The number of benzene rings is 3. The predicted octanol–water partition coefficient (Wildman–Crippen LogP) is 5.39. The highest BCUT2D eigenvalue weighted by atomic mass is 35.5. The SMILES string of the molecule is Cc1cc(-c2ccc(-c3nc4c(cnn4-c4ccccc4)c(=O)n3-c3ccc(Cl)cc3)cc2)cc[n+]1O. The number of para-hydroxylation sites is 1. The van der Waals surface area contributed by atoms with Gasteiger partial charge >= 0.3 is 0 Å². The minimum Gasteiger partial charge on any atom is -0.285 e. The lowest BCUT2D eigenvalue weighted by Crippen LogP contribution is -2.32. The zero-order valence-corrected chi connectivity index (χ0v) is 20.5. The Morgan fingerprint density at radius 3 is 2.24 bits per heavy atom. The Morgan fingerprint density at radius 2 is 1.54 bits per heavy atom. The molecule has 0 aliphatic carbocycles. The third kappa shape index (κ3) is 4.05. The molecule has 0 atom stereocenters. The number of hydrogen-bond acceptors (Lipinski definition) is 4. The maximum Gasteiger partial charge on any atom is 0.269 e. The Labute approximate surface area is 217 Å². The van der Waals surface area contributed by atoms with Gasteiger partial charge in [-0.1, -0.05) is 54.1 Å². The van der Waals surface area contributed by atoms with Gasteiger partial charge in [0.15, 0.2) is 5.65 Å². The van der Waals surface area contributed by atoms with Crippen LogP contribution >= 0.6 is 11.6 Å². The molecule has 0 radical (unpaired) electrons. The smallest absolute Gasteiger partial charge is 0.269 e. The van der Waals surface area contributed by atoms with Crippen LogP contribution in [0, 0.1) is 6.92 Å². The largest absolute Gasteiger partial charge is 0.285 e. The van der Waals surface area contributed by atoms with E-state index in [1.807, 2.05) is 73.7 Å². The van der Waals surface area contributed by atoms with Gasteiger partial charge in [-0.15, -0.1) is 0 Å². The fourth-order valence-corrected chi connectivity index (χ4v) is 4.47. The van der Waals surface area contributed by atoms with E-state index in [4.69, 9.17) is 16.6 Å². The molecular formula is C29H21ClN5O2+. The summed E-state index contributed by atoms with van der Waals surface area (Å²) >= 11 is 6.12. The predicted molar refractivity (Wildman–Crippen MR) is 142 cm³/mol. The molecule has 7 nitrogen and oxygen atoms in total. The van der Waals surface area contributed by atoms with Crippen molar-refractivity contribution in [3.63, 3.8) is 0 Å². The molecule has 0 amide bonds. The third-order valence-corrected chi connectivity index (χ3v) is 6.54. The summed E-state index contributed by atoms with van der Waals surface area (Å²) in [6.45, 7) is 1.83. The number of fused-ring (bicyclic) bond motifs is 1. The number of aryl methyl sites for hydroxylation is 1. The van der Waals surface area contributed by atoms with Gasteiger partial charge in [0.25, 0.3) is 5.56 Å². The molecule has 0 spiro atoms. The molecule has 0 aliphatic rings. The van der Waals surface area contributed by atoms with Crippen molar-refractivity contribution < 1.29 is 9.94 Å². The number of nitrogens with zero attached hydrogens (tertiary/aromatic N) is 5. The number of hydrogen-bond donors (Lipinski definition) is 1. The van der Waals surface area contributed by atoms with Crippen LogP contribution in [-0.4, -0.2) is 24.5 Å². The molecule has 37 heavy (non-hydrogen) atoms. The van der Waals surface area contributed by atoms with Crippen LogP contribution in [0.4, 0.5) is 0 Å². The maximum atomic E-state index is 13.8. The topological polar surface area (TPSA) is 76.8 Å². The zero-order chi connectivity index (χ0) is 25.5. The van der Waals surface area contributed by atoms with E-state index in [0.717, 1.165) is 32.8 Å². The second kappa shape index (κ2) is 9.04. The Hall–Kier alpha value is -4.75. The van der Waals surface area contributed by atoms with Crippen LogP contribution in [0.1, 0.15) is 5.69 Å². The lowest BCUT2D eigenvalue weighted by Gasteiger charge is -2.14. The summed E-state index contributed by atoms with van der Waals surface area (Å²) in [5.74, 6) is 0.487. The van der Waals surface area contributed by atoms with Crippen molar-refractivity contribution in [1.29, 1.82) is 0 Å². The fourth-order valence-electron chi connectivity index (χ4n) is 4.35. The summed E-state index contributed by atoms with van der Waals surface area (Å²) in [4.78, 5) is 18.8. The molecule has 0 aliphatic heterocycles. The molecule has 6 rings (SSSR count). The first-order valence-corrected chi connectivity index (χ1v) is 12.0. The highest BCUT2D eigenvalue weighted by Crippen LogP contribution is 2.27. The van der Waals surface area contributed by atoms with E-state index in [1.54, 1.807) is 45.9 Å². The van der Waals surface area contributed by atoms with Crippen LogP contribution in [0.2, 0.25) is 5.02 Å². The molecule has 6 aromatic rings. The summed E-state index contributed by atoms with van der Waals surface area (Å²) in [5, 5.41) is 15.3. The number of pyridine rings is 1. The van der Waals surface area contributed by atoms with Crippen LogP contribution in [0.5, 0.6) is 0 Å². The number of halogens is 1. The third-order valence-electron chi connectivity index (χ3n) is 6.28. The minimum absolute atomic E-state index is 0.222. The highest BCUT2D eigenvalue weighted by Gasteiger charge is 2.19. The second-order valence-electron chi connectivity index (χ2n) is 8.66. The molecule has 3 aromatic carbocycles. The molecule has 3 aromatic heterocycles. The van der Waals surface area contributed by atoms with Gasteiger partial charge in [0, 0.05) is 34.4 Å². The first-order valence-electron chi connectivity index (χ1n) is 11.6. The monoisotopic (exact) mass is 506 g/mol. The van der Waals surface area contributed by atoms with Crippen molar-refractivity contribution in [1.82, 2.24) is 19.3 Å². The summed E-state index contributed by atoms with van der Waals surface area (Å²) in [7, 11) is 0. The van der Waals surface area contributed by atoms with E-state index < -0.39 is 0 Å². The van der Waals surface area contributed by atoms with Gasteiger partial charge in [0.05, 0.1) is 17.6 Å². The first kappa shape index (κ1) is 22.7. The van der Waals surface area contributed by atoms with Crippen molar-refractivity contribution in [2.75, 3.05) is 0 Å². The summed E-state index contributed by atoms with van der Waals surface area (Å²) in [6.07, 6.45) is 3.17. The average Bonchev–Trinajstić information content (AvgIpc) is 3.36. The normalized spacial score (nSPS) is 11.2. The number of aromatic nitrogens is 5. The maximum absolute atomic E-state index is 13.8. The van der Waals surface area contributed by atoms with Gasteiger partial charge < -0.3 is 0 Å². The Bertz CT molecular complexity index is 1810. The van der Waals surface area contributed by atoms with E-state index in [-0.39, 0.29) is 5.56 Å². The van der Waals surface area contributed by atoms with Gasteiger partial charge in [-0.25, -0.2) is 9.67 Å². The van der Waals surface area contributed by atoms with Gasteiger partial charge in [0.2, 0.25) is 11.9 Å². The van der Waals surface area contributed by atoms with E-state index in [1.165, 1.54) is 0 Å². The molecule has 0 unspecified atom stereocenters. The molecule has 0 bridgehead atoms. The van der Waals surface area contributed by atoms with Crippen molar-refractivity contribution in [3.05, 3.63) is 124 Å². The van der Waals surface area contributed by atoms with E-state index in [0.29, 0.717) is 27.6 Å². The van der Waals surface area contributed by atoms with E-state index >= 15 is 0 Å². The second-order valence-corrected chi connectivity index (χ2v) is 9.10. The molecule has 0 fully saturated rings. The van der Waals surface area contributed by atoms with Gasteiger partial charge in [-0.05, 0) is 47.5 Å². The first-order chi connectivity index (χ1) is 18.0. The Balaban J connectivity index is 1.56. The fraction of sp³-hybridized carbons (Fsp3) is 0.0345. The Morgan fingerprint density at radius 1 is 0.838 bits per heavy atom. The van der Waals surface area contributed by atoms with E-state index in [2.05, 4.69) is 5.10 Å². The minimum atomic E-state index is -0.222.